The summed E-state index contributed by atoms with van der Waals surface area (Å²) in [5, 5.41) is 14.5. The Bertz CT molecular complexity index is 536. The number of aliphatic imine (C=N–C) groups is 1. The third-order valence-corrected chi connectivity index (χ3v) is 3.28. The minimum Gasteiger partial charge on any atom is -0.481 e. The van der Waals surface area contributed by atoms with Crippen molar-refractivity contribution >= 4 is 40.3 Å². The first-order valence-electron chi connectivity index (χ1n) is 4.51. The van der Waals surface area contributed by atoms with Gasteiger partial charge in [0.1, 0.15) is 16.5 Å². The topological polar surface area (TPSA) is 90.5 Å². The number of thioether (sulfide) groups is 1. The SMILES string of the molecule is N#CC1=C(C(F)(F)F)C(Cl)C(=O)N=C1SCC(=O)O. The molecule has 1 aliphatic rings. The molecule has 1 N–H and O–H groups in total. The van der Waals surface area contributed by atoms with Crippen molar-refractivity contribution in [3.63, 3.8) is 0 Å². The lowest BCUT2D eigenvalue weighted by Crippen LogP contribution is -2.33. The highest BCUT2D eigenvalue weighted by atomic mass is 35.5. The van der Waals surface area contributed by atoms with E-state index in [1.54, 1.807) is 0 Å². The Morgan fingerprint density at radius 2 is 2.16 bits per heavy atom. The number of halogens is 4. The molecule has 0 saturated heterocycles. The van der Waals surface area contributed by atoms with Gasteiger partial charge in [-0.3, -0.25) is 9.59 Å². The summed E-state index contributed by atoms with van der Waals surface area (Å²) in [6.07, 6.45) is -4.97. The zero-order valence-corrected chi connectivity index (χ0v) is 10.4. The summed E-state index contributed by atoms with van der Waals surface area (Å²) in [4.78, 5) is 24.8. The fraction of sp³-hybridized carbons (Fsp3) is 0.333. The molecule has 0 bridgehead atoms. The van der Waals surface area contributed by atoms with Gasteiger partial charge in [0.05, 0.1) is 16.9 Å². The lowest BCUT2D eigenvalue weighted by Gasteiger charge is -2.21. The second-order valence-electron chi connectivity index (χ2n) is 3.20. The first-order valence-corrected chi connectivity index (χ1v) is 5.93. The highest BCUT2D eigenvalue weighted by Gasteiger charge is 2.46. The van der Waals surface area contributed by atoms with Crippen LogP contribution in [0.4, 0.5) is 13.2 Å². The van der Waals surface area contributed by atoms with Crippen molar-refractivity contribution in [2.24, 2.45) is 4.99 Å². The van der Waals surface area contributed by atoms with Crippen LogP contribution in [0.3, 0.4) is 0 Å². The smallest absolute Gasteiger partial charge is 0.416 e. The molecule has 19 heavy (non-hydrogen) atoms. The molecule has 1 aliphatic heterocycles. The predicted octanol–water partition coefficient (Wildman–Crippen LogP) is 1.73. The number of hydrogen-bond acceptors (Lipinski definition) is 4. The number of aliphatic carboxylic acids is 1. The van der Waals surface area contributed by atoms with E-state index in [4.69, 9.17) is 22.0 Å². The second-order valence-corrected chi connectivity index (χ2v) is 4.60. The molecule has 0 aliphatic carbocycles. The van der Waals surface area contributed by atoms with Gasteiger partial charge in [0.2, 0.25) is 0 Å². The van der Waals surface area contributed by atoms with E-state index in [1.807, 2.05) is 0 Å². The number of carbonyl (C=O) groups excluding carboxylic acids is 1. The van der Waals surface area contributed by atoms with Gasteiger partial charge in [-0.2, -0.15) is 18.4 Å². The Morgan fingerprint density at radius 3 is 2.58 bits per heavy atom. The first kappa shape index (κ1) is 15.5. The summed E-state index contributed by atoms with van der Waals surface area (Å²) in [6.45, 7) is 0. The van der Waals surface area contributed by atoms with Crippen LogP contribution in [0, 0.1) is 11.3 Å². The number of alkyl halides is 4. The van der Waals surface area contributed by atoms with Gasteiger partial charge in [0, 0.05) is 0 Å². The zero-order valence-electron chi connectivity index (χ0n) is 8.86. The Morgan fingerprint density at radius 1 is 1.58 bits per heavy atom. The minimum absolute atomic E-state index is 0.354. The largest absolute Gasteiger partial charge is 0.481 e. The van der Waals surface area contributed by atoms with Crippen molar-refractivity contribution in [2.75, 3.05) is 5.75 Å². The number of carboxylic acid groups (broad SMARTS) is 1. The van der Waals surface area contributed by atoms with Crippen LogP contribution in [-0.4, -0.2) is 39.3 Å². The van der Waals surface area contributed by atoms with Crippen LogP contribution >= 0.6 is 23.4 Å². The van der Waals surface area contributed by atoms with Crippen molar-refractivity contribution in [3.05, 3.63) is 11.1 Å². The molecular formula is C9H4ClF3N2O3S. The fourth-order valence-electron chi connectivity index (χ4n) is 1.21. The van der Waals surface area contributed by atoms with Gasteiger partial charge >= 0.3 is 12.1 Å². The molecule has 0 aromatic carbocycles. The van der Waals surface area contributed by atoms with Crippen molar-refractivity contribution in [1.82, 2.24) is 0 Å². The monoisotopic (exact) mass is 312 g/mol. The number of hydrogen-bond donors (Lipinski definition) is 1. The molecule has 1 heterocycles. The van der Waals surface area contributed by atoms with Gasteiger partial charge in [-0.1, -0.05) is 11.8 Å². The van der Waals surface area contributed by atoms with Crippen molar-refractivity contribution in [2.45, 2.75) is 11.6 Å². The summed E-state index contributed by atoms with van der Waals surface area (Å²) in [6, 6.07) is 1.26. The third-order valence-electron chi connectivity index (χ3n) is 1.91. The molecule has 0 fully saturated rings. The van der Waals surface area contributed by atoms with E-state index in [1.165, 1.54) is 6.07 Å². The third kappa shape index (κ3) is 3.48. The van der Waals surface area contributed by atoms with Crippen LogP contribution in [0.15, 0.2) is 16.1 Å². The van der Waals surface area contributed by atoms with Gasteiger partial charge < -0.3 is 5.11 Å². The molecule has 1 unspecified atom stereocenters. The Kier molecular flexibility index (Phi) is 4.60. The highest BCUT2D eigenvalue weighted by Crippen LogP contribution is 2.37. The number of carboxylic acids is 1. The van der Waals surface area contributed by atoms with E-state index in [-0.39, 0.29) is 0 Å². The average molecular weight is 313 g/mol. The number of carbonyl (C=O) groups is 2. The molecule has 0 aromatic rings. The molecular weight excluding hydrogens is 309 g/mol. The van der Waals surface area contributed by atoms with Gasteiger partial charge in [0.25, 0.3) is 5.91 Å². The summed E-state index contributed by atoms with van der Waals surface area (Å²) < 4.78 is 38.2. The van der Waals surface area contributed by atoms with Crippen LogP contribution in [0.5, 0.6) is 0 Å². The van der Waals surface area contributed by atoms with Crippen LogP contribution < -0.4 is 0 Å². The van der Waals surface area contributed by atoms with E-state index in [0.717, 1.165) is 0 Å². The van der Waals surface area contributed by atoms with Crippen LogP contribution in [0.25, 0.3) is 0 Å². The lowest BCUT2D eigenvalue weighted by atomic mass is 10.0. The van der Waals surface area contributed by atoms with Crippen LogP contribution in [-0.2, 0) is 9.59 Å². The van der Waals surface area contributed by atoms with Crippen LogP contribution in [0.1, 0.15) is 0 Å². The molecule has 1 amide bonds. The number of nitrogens with zero attached hydrogens (tertiary/aromatic N) is 2. The van der Waals surface area contributed by atoms with Crippen LogP contribution in [0.2, 0.25) is 0 Å². The summed E-state index contributed by atoms with van der Waals surface area (Å²) in [7, 11) is 0. The van der Waals surface area contributed by atoms with E-state index >= 15 is 0 Å². The van der Waals surface area contributed by atoms with E-state index in [0.29, 0.717) is 11.8 Å². The highest BCUT2D eigenvalue weighted by molar-refractivity contribution is 8.15. The number of amides is 1. The lowest BCUT2D eigenvalue weighted by molar-refractivity contribution is -0.133. The number of dihydropyridines is 1. The molecule has 0 saturated carbocycles. The molecule has 5 nitrogen and oxygen atoms in total. The fourth-order valence-corrected chi connectivity index (χ4v) is 2.20. The second kappa shape index (κ2) is 5.63. The van der Waals surface area contributed by atoms with E-state index in [9.17, 15) is 22.8 Å². The van der Waals surface area contributed by atoms with Crippen molar-refractivity contribution < 1.29 is 27.9 Å². The predicted molar refractivity (Wildman–Crippen MR) is 60.9 cm³/mol. The number of nitriles is 1. The normalized spacial score (nSPS) is 20.1. The molecule has 102 valence electrons. The van der Waals surface area contributed by atoms with Crippen molar-refractivity contribution in [1.29, 1.82) is 5.26 Å². The Labute approximate surface area is 113 Å². The average Bonchev–Trinajstić information content (AvgIpc) is 2.27. The maximum absolute atomic E-state index is 12.7. The quantitative estimate of drug-likeness (QED) is 0.784. The molecule has 0 spiro atoms. The standard InChI is InChI=1S/C9H4ClF3N2O3S/c10-6-5(9(11,12)13)3(1-14)8(15-7(6)18)19-2-4(16)17/h6H,2H2,(H,16,17). The molecule has 1 rings (SSSR count). The van der Waals surface area contributed by atoms with Gasteiger partial charge in [-0.25, -0.2) is 4.99 Å². The summed E-state index contributed by atoms with van der Waals surface area (Å²) in [5.41, 5.74) is -2.43. The molecule has 10 heteroatoms. The molecule has 1 atom stereocenters. The molecule has 0 radical (unpaired) electrons. The summed E-state index contributed by atoms with van der Waals surface area (Å²) in [5.74, 6) is -3.23. The van der Waals surface area contributed by atoms with Crippen molar-refractivity contribution in [3.8, 4) is 6.07 Å². The maximum atomic E-state index is 12.7. The zero-order chi connectivity index (χ0) is 14.8. The van der Waals surface area contributed by atoms with E-state index in [2.05, 4.69) is 4.99 Å². The van der Waals surface area contributed by atoms with E-state index < -0.39 is 45.4 Å². The Balaban J connectivity index is 3.28. The summed E-state index contributed by atoms with van der Waals surface area (Å²) >= 11 is 5.66. The molecule has 0 aromatic heterocycles. The maximum Gasteiger partial charge on any atom is 0.416 e. The Hall–Kier alpha value is -1.53. The minimum atomic E-state index is -4.97. The van der Waals surface area contributed by atoms with Gasteiger partial charge in [0.15, 0.2) is 0 Å². The first-order chi connectivity index (χ1) is 8.68. The number of rotatable bonds is 2. The van der Waals surface area contributed by atoms with Gasteiger partial charge in [-0.05, 0) is 0 Å². The van der Waals surface area contributed by atoms with Gasteiger partial charge in [-0.15, -0.1) is 11.6 Å².